The highest BCUT2D eigenvalue weighted by Crippen LogP contribution is 2.28. The summed E-state index contributed by atoms with van der Waals surface area (Å²) in [6.45, 7) is 6.72. The quantitative estimate of drug-likeness (QED) is 0.723. The maximum atomic E-state index is 13.0. The normalized spacial score (nSPS) is 15.6. The fraction of sp³-hybridized carbons (Fsp3) is 0.409. The van der Waals surface area contributed by atoms with Crippen LogP contribution in [0.4, 0.5) is 0 Å². The summed E-state index contributed by atoms with van der Waals surface area (Å²) >= 11 is 0. The van der Waals surface area contributed by atoms with Gasteiger partial charge in [0.2, 0.25) is 0 Å². The number of benzene rings is 2. The number of carbonyl (C=O) groups is 1. The van der Waals surface area contributed by atoms with Crippen molar-refractivity contribution in [2.24, 2.45) is 0 Å². The zero-order valence-corrected chi connectivity index (χ0v) is 16.6. The van der Waals surface area contributed by atoms with Crippen LogP contribution in [-0.2, 0) is 4.74 Å². The van der Waals surface area contributed by atoms with Crippen LogP contribution in [0.1, 0.15) is 28.9 Å². The summed E-state index contributed by atoms with van der Waals surface area (Å²) in [5, 5.41) is 3.20. The molecule has 6 nitrogen and oxygen atoms in total. The second kappa shape index (κ2) is 10.1. The Kier molecular flexibility index (Phi) is 7.28. The van der Waals surface area contributed by atoms with Gasteiger partial charge in [-0.25, -0.2) is 0 Å². The van der Waals surface area contributed by atoms with Crippen molar-refractivity contribution in [2.75, 3.05) is 46.6 Å². The molecule has 1 aliphatic rings. The lowest BCUT2D eigenvalue weighted by atomic mass is 10.0. The highest BCUT2D eigenvalue weighted by molar-refractivity contribution is 5.95. The molecule has 0 aliphatic carbocycles. The molecule has 1 aliphatic heterocycles. The van der Waals surface area contributed by atoms with E-state index in [9.17, 15) is 4.79 Å². The fourth-order valence-electron chi connectivity index (χ4n) is 3.42. The monoisotopic (exact) mass is 385 g/mol. The highest BCUT2D eigenvalue weighted by atomic mass is 16.5. The molecule has 28 heavy (non-hydrogen) atoms. The van der Waals surface area contributed by atoms with Gasteiger partial charge in [-0.05, 0) is 30.7 Å². The van der Waals surface area contributed by atoms with Crippen molar-refractivity contribution in [2.45, 2.75) is 13.0 Å². The molecule has 1 amide bonds. The van der Waals surface area contributed by atoms with E-state index in [4.69, 9.17) is 14.2 Å². The Labute approximate surface area is 166 Å². The van der Waals surface area contributed by atoms with Gasteiger partial charge in [0.25, 0.3) is 5.91 Å². The summed E-state index contributed by atoms with van der Waals surface area (Å²) in [4.78, 5) is 14.4. The summed E-state index contributed by atoms with van der Waals surface area (Å²) in [7, 11) is 1.58. The molecule has 1 atom stereocenters. The Balaban J connectivity index is 1.76. The maximum Gasteiger partial charge on any atom is 0.252 e. The zero-order valence-electron chi connectivity index (χ0n) is 16.6. The Hall–Kier alpha value is -2.57. The molecule has 1 fully saturated rings. The lowest BCUT2D eigenvalue weighted by Gasteiger charge is -2.28. The van der Waals surface area contributed by atoms with E-state index in [0.29, 0.717) is 23.7 Å². The number of methoxy groups -OCH3 is 1. The molecule has 2 aromatic rings. The molecule has 0 unspecified atom stereocenters. The molecule has 150 valence electrons. The molecule has 2 N–H and O–H groups in total. The molecule has 0 aromatic heterocycles. The van der Waals surface area contributed by atoms with Crippen LogP contribution in [0.3, 0.4) is 0 Å². The van der Waals surface area contributed by atoms with Crippen LogP contribution in [0.15, 0.2) is 48.5 Å². The Morgan fingerprint density at radius 3 is 2.57 bits per heavy atom. The van der Waals surface area contributed by atoms with Gasteiger partial charge in [0.05, 0.1) is 26.9 Å². The van der Waals surface area contributed by atoms with Gasteiger partial charge in [-0.3, -0.25) is 4.79 Å². The van der Waals surface area contributed by atoms with Crippen LogP contribution in [-0.4, -0.2) is 52.5 Å². The lowest BCUT2D eigenvalue weighted by molar-refractivity contribution is -0.909. The average Bonchev–Trinajstić information content (AvgIpc) is 2.75. The minimum absolute atomic E-state index is 0.0700. The van der Waals surface area contributed by atoms with Crippen molar-refractivity contribution in [1.29, 1.82) is 0 Å². The van der Waals surface area contributed by atoms with Crippen LogP contribution < -0.4 is 19.7 Å². The molecule has 3 rings (SSSR count). The summed E-state index contributed by atoms with van der Waals surface area (Å²) in [6, 6.07) is 15.3. The van der Waals surface area contributed by atoms with Gasteiger partial charge in [0.1, 0.15) is 25.7 Å². The Morgan fingerprint density at radius 2 is 1.89 bits per heavy atom. The number of amides is 1. The molecular formula is C22H29N2O4+. The molecule has 0 spiro atoms. The first-order valence-corrected chi connectivity index (χ1v) is 9.79. The van der Waals surface area contributed by atoms with E-state index in [0.717, 1.165) is 38.4 Å². The number of carbonyl (C=O) groups excluding carboxylic acids is 1. The first kappa shape index (κ1) is 20.2. The number of hydrogen-bond donors (Lipinski definition) is 2. The summed E-state index contributed by atoms with van der Waals surface area (Å²) in [6.07, 6.45) is 0. The molecular weight excluding hydrogens is 356 g/mol. The zero-order chi connectivity index (χ0) is 19.8. The van der Waals surface area contributed by atoms with E-state index in [-0.39, 0.29) is 11.9 Å². The van der Waals surface area contributed by atoms with Gasteiger partial charge >= 0.3 is 0 Å². The van der Waals surface area contributed by atoms with Gasteiger partial charge in [-0.15, -0.1) is 0 Å². The number of rotatable bonds is 8. The molecule has 6 heteroatoms. The van der Waals surface area contributed by atoms with E-state index >= 15 is 0 Å². The second-order valence-corrected chi connectivity index (χ2v) is 6.80. The largest absolute Gasteiger partial charge is 0.493 e. The van der Waals surface area contributed by atoms with Gasteiger partial charge in [-0.2, -0.15) is 0 Å². The summed E-state index contributed by atoms with van der Waals surface area (Å²) in [5.74, 6) is 1.08. The Bertz CT molecular complexity index is 760. The van der Waals surface area contributed by atoms with E-state index in [2.05, 4.69) is 17.4 Å². The number of hydrogen-bond acceptors (Lipinski definition) is 4. The maximum absolute atomic E-state index is 13.0. The van der Waals surface area contributed by atoms with Crippen LogP contribution in [0.2, 0.25) is 0 Å². The SMILES string of the molecule is CCOc1ccc(C(=O)N[C@H](C[NH+]2CCOCC2)c2ccccc2)cc1OC. The van der Waals surface area contributed by atoms with Gasteiger partial charge in [0, 0.05) is 5.56 Å². The molecule has 0 radical (unpaired) electrons. The third-order valence-corrected chi connectivity index (χ3v) is 4.93. The second-order valence-electron chi connectivity index (χ2n) is 6.80. The van der Waals surface area contributed by atoms with Crippen LogP contribution in [0.5, 0.6) is 11.5 Å². The summed E-state index contributed by atoms with van der Waals surface area (Å²) < 4.78 is 16.4. The van der Waals surface area contributed by atoms with Crippen molar-refractivity contribution in [3.63, 3.8) is 0 Å². The average molecular weight is 385 g/mol. The number of quaternary nitrogens is 1. The van der Waals surface area contributed by atoms with E-state index in [1.807, 2.05) is 25.1 Å². The minimum atomic E-state index is -0.122. The molecule has 1 heterocycles. The predicted molar refractivity (Wildman–Crippen MR) is 107 cm³/mol. The highest BCUT2D eigenvalue weighted by Gasteiger charge is 2.23. The fourth-order valence-corrected chi connectivity index (χ4v) is 3.42. The van der Waals surface area contributed by atoms with Crippen LogP contribution in [0.25, 0.3) is 0 Å². The van der Waals surface area contributed by atoms with Gasteiger partial charge < -0.3 is 24.4 Å². The number of ether oxygens (including phenoxy) is 3. The number of nitrogens with one attached hydrogen (secondary N) is 2. The molecule has 1 saturated heterocycles. The molecule has 0 saturated carbocycles. The van der Waals surface area contributed by atoms with Crippen molar-refractivity contribution < 1.29 is 23.9 Å². The van der Waals surface area contributed by atoms with Crippen LogP contribution in [0, 0.1) is 0 Å². The smallest absolute Gasteiger partial charge is 0.252 e. The third kappa shape index (κ3) is 5.24. The minimum Gasteiger partial charge on any atom is -0.493 e. The third-order valence-electron chi connectivity index (χ3n) is 4.93. The number of morpholine rings is 1. The standard InChI is InChI=1S/C22H28N2O4/c1-3-28-20-10-9-18(15-21(20)26-2)22(25)23-19(17-7-5-4-6-8-17)16-24-11-13-27-14-12-24/h4-10,15,19H,3,11-14,16H2,1-2H3,(H,23,25)/p+1/t19-/m1/s1. The van der Waals surface area contributed by atoms with E-state index in [1.54, 1.807) is 25.3 Å². The van der Waals surface area contributed by atoms with Crippen molar-refractivity contribution in [3.05, 3.63) is 59.7 Å². The lowest BCUT2D eigenvalue weighted by Crippen LogP contribution is -3.14. The first-order valence-electron chi connectivity index (χ1n) is 9.79. The van der Waals surface area contributed by atoms with Gasteiger partial charge in [-0.1, -0.05) is 30.3 Å². The van der Waals surface area contributed by atoms with Gasteiger partial charge in [0.15, 0.2) is 11.5 Å². The molecule has 0 bridgehead atoms. The Morgan fingerprint density at radius 1 is 1.14 bits per heavy atom. The van der Waals surface area contributed by atoms with Crippen molar-refractivity contribution in [1.82, 2.24) is 5.32 Å². The summed E-state index contributed by atoms with van der Waals surface area (Å²) in [5.41, 5.74) is 1.66. The van der Waals surface area contributed by atoms with Crippen molar-refractivity contribution >= 4 is 5.91 Å². The van der Waals surface area contributed by atoms with Crippen LogP contribution >= 0.6 is 0 Å². The predicted octanol–water partition coefficient (Wildman–Crippen LogP) is 1.48. The van der Waals surface area contributed by atoms with Crippen molar-refractivity contribution in [3.8, 4) is 11.5 Å². The van der Waals surface area contributed by atoms with E-state index < -0.39 is 0 Å². The molecule has 2 aromatic carbocycles. The van der Waals surface area contributed by atoms with E-state index in [1.165, 1.54) is 4.90 Å². The first-order chi connectivity index (χ1) is 13.7. The topological polar surface area (TPSA) is 61.2 Å².